The lowest BCUT2D eigenvalue weighted by molar-refractivity contribution is 0.187. The fraction of sp³-hybridized carbons (Fsp3) is 0.750. The molecule has 66 valence electrons. The molecule has 2 nitrogen and oxygen atoms in total. The van der Waals surface area contributed by atoms with Gasteiger partial charge in [-0.3, -0.25) is 0 Å². The highest BCUT2D eigenvalue weighted by molar-refractivity contribution is 9.11. The van der Waals surface area contributed by atoms with Crippen molar-refractivity contribution in [1.82, 2.24) is 0 Å². The minimum Gasteiger partial charge on any atom is -0.481 e. The van der Waals surface area contributed by atoms with Gasteiger partial charge < -0.3 is 10.2 Å². The van der Waals surface area contributed by atoms with Crippen LogP contribution in [0.3, 0.4) is 0 Å². The lowest BCUT2D eigenvalue weighted by atomic mass is 10.1. The third kappa shape index (κ3) is 6.23. The molecule has 0 fully saturated rings. The van der Waals surface area contributed by atoms with Gasteiger partial charge in [-0.25, -0.2) is 0 Å². The first-order valence-corrected chi connectivity index (χ1v) is 4.74. The smallest absolute Gasteiger partial charge is 0.284 e. The number of rotatable bonds is 5. The van der Waals surface area contributed by atoms with E-state index in [1.54, 1.807) is 0 Å². The van der Waals surface area contributed by atoms with E-state index in [1.807, 2.05) is 0 Å². The van der Waals surface area contributed by atoms with E-state index in [0.29, 0.717) is 4.48 Å². The zero-order valence-corrected chi connectivity index (χ0v) is 8.39. The summed E-state index contributed by atoms with van der Waals surface area (Å²) in [6, 6.07) is 0. The van der Waals surface area contributed by atoms with Crippen molar-refractivity contribution in [1.29, 1.82) is 0 Å². The molecule has 0 rings (SSSR count). The molecule has 0 aliphatic rings. The highest BCUT2D eigenvalue weighted by Gasteiger charge is 1.98. The first-order chi connectivity index (χ1) is 5.18. The average Bonchev–Trinajstić information content (AvgIpc) is 1.97. The van der Waals surface area contributed by atoms with E-state index in [1.165, 1.54) is 12.8 Å². The lowest BCUT2D eigenvalue weighted by Gasteiger charge is -1.98. The summed E-state index contributed by atoms with van der Waals surface area (Å²) in [7, 11) is 0. The van der Waals surface area contributed by atoms with Gasteiger partial charge >= 0.3 is 0 Å². The van der Waals surface area contributed by atoms with E-state index in [-0.39, 0.29) is 0 Å². The Hall–Kier alpha value is -0.180. The van der Waals surface area contributed by atoms with Crippen LogP contribution in [0.25, 0.3) is 0 Å². The summed E-state index contributed by atoms with van der Waals surface area (Å²) < 4.78 is 0.508. The summed E-state index contributed by atoms with van der Waals surface area (Å²) in [5.74, 6) is -0.582. The molecule has 0 aliphatic heterocycles. The molecule has 0 atom stereocenters. The van der Waals surface area contributed by atoms with Crippen LogP contribution >= 0.6 is 15.9 Å². The maximum atomic E-state index is 8.57. The molecule has 11 heavy (non-hydrogen) atoms. The van der Waals surface area contributed by atoms with Gasteiger partial charge in [0.25, 0.3) is 5.95 Å². The average molecular weight is 223 g/mol. The normalized spacial score (nSPS) is 9.64. The van der Waals surface area contributed by atoms with Gasteiger partial charge in [-0.2, -0.15) is 0 Å². The van der Waals surface area contributed by atoms with Gasteiger partial charge in [0.15, 0.2) is 0 Å². The zero-order chi connectivity index (χ0) is 8.69. The molecule has 0 unspecified atom stereocenters. The van der Waals surface area contributed by atoms with Gasteiger partial charge in [-0.15, -0.1) is 0 Å². The molecule has 0 aliphatic carbocycles. The second-order valence-electron chi connectivity index (χ2n) is 2.54. The number of aliphatic hydroxyl groups is 2. The molecular formula is C8H15BrO2. The molecule has 0 saturated carbocycles. The molecule has 0 radical (unpaired) electrons. The molecule has 0 bridgehead atoms. The Morgan fingerprint density at radius 1 is 1.18 bits per heavy atom. The van der Waals surface area contributed by atoms with Crippen LogP contribution < -0.4 is 0 Å². The Morgan fingerprint density at radius 3 is 2.27 bits per heavy atom. The maximum Gasteiger partial charge on any atom is 0.284 e. The van der Waals surface area contributed by atoms with Crippen molar-refractivity contribution in [3.63, 3.8) is 0 Å². The quantitative estimate of drug-likeness (QED) is 0.551. The molecule has 0 aromatic rings. The summed E-state index contributed by atoms with van der Waals surface area (Å²) in [4.78, 5) is 0. The fourth-order valence-electron chi connectivity index (χ4n) is 0.819. The zero-order valence-electron chi connectivity index (χ0n) is 6.81. The van der Waals surface area contributed by atoms with E-state index >= 15 is 0 Å². The van der Waals surface area contributed by atoms with Gasteiger partial charge in [0.2, 0.25) is 0 Å². The number of unbranched alkanes of at least 4 members (excludes halogenated alkanes) is 3. The van der Waals surface area contributed by atoms with Crippen molar-refractivity contribution in [2.75, 3.05) is 0 Å². The molecule has 0 aromatic carbocycles. The van der Waals surface area contributed by atoms with Gasteiger partial charge in [0.05, 0.1) is 4.48 Å². The monoisotopic (exact) mass is 222 g/mol. The predicted molar refractivity (Wildman–Crippen MR) is 50.0 cm³/mol. The van der Waals surface area contributed by atoms with Gasteiger partial charge in [0.1, 0.15) is 0 Å². The Balaban J connectivity index is 3.32. The van der Waals surface area contributed by atoms with Crippen molar-refractivity contribution in [3.8, 4) is 0 Å². The van der Waals surface area contributed by atoms with Crippen molar-refractivity contribution >= 4 is 15.9 Å². The maximum absolute atomic E-state index is 8.57. The summed E-state index contributed by atoms with van der Waals surface area (Å²) in [5.41, 5.74) is 0. The van der Waals surface area contributed by atoms with Gasteiger partial charge in [-0.1, -0.05) is 26.2 Å². The first kappa shape index (κ1) is 10.8. The number of allylic oxidation sites excluding steroid dienone is 1. The fourth-order valence-corrected chi connectivity index (χ4v) is 1.10. The Kier molecular flexibility index (Phi) is 6.42. The molecule has 0 heterocycles. The van der Waals surface area contributed by atoms with E-state index in [9.17, 15) is 0 Å². The standard InChI is InChI=1S/C8H15BrO2/c1-2-3-4-5-6-7(9)8(10)11/h10-11H,2-6H2,1H3. The second kappa shape index (κ2) is 6.53. The molecule has 0 amide bonds. The Bertz CT molecular complexity index is 128. The highest BCUT2D eigenvalue weighted by Crippen LogP contribution is 2.17. The topological polar surface area (TPSA) is 40.5 Å². The summed E-state index contributed by atoms with van der Waals surface area (Å²) in [6.07, 6.45) is 5.30. The summed E-state index contributed by atoms with van der Waals surface area (Å²) in [5, 5.41) is 17.1. The lowest BCUT2D eigenvalue weighted by Crippen LogP contribution is -1.83. The van der Waals surface area contributed by atoms with E-state index in [0.717, 1.165) is 19.3 Å². The summed E-state index contributed by atoms with van der Waals surface area (Å²) in [6.45, 7) is 2.15. The predicted octanol–water partition coefficient (Wildman–Crippen LogP) is 3.64. The number of hydrogen-bond donors (Lipinski definition) is 2. The number of hydrogen-bond acceptors (Lipinski definition) is 2. The van der Waals surface area contributed by atoms with E-state index in [4.69, 9.17) is 10.2 Å². The SMILES string of the molecule is CCCCCCC(Br)=C(O)O. The Labute approximate surface area is 76.1 Å². The Morgan fingerprint density at radius 2 is 1.82 bits per heavy atom. The first-order valence-electron chi connectivity index (χ1n) is 3.95. The number of aliphatic hydroxyl groups excluding tert-OH is 1. The second-order valence-corrected chi connectivity index (χ2v) is 3.50. The minimum atomic E-state index is -0.582. The van der Waals surface area contributed by atoms with Crippen molar-refractivity contribution < 1.29 is 10.2 Å². The van der Waals surface area contributed by atoms with Crippen LogP contribution in [0.2, 0.25) is 0 Å². The molecule has 2 N–H and O–H groups in total. The van der Waals surface area contributed by atoms with Crippen molar-refractivity contribution in [2.24, 2.45) is 0 Å². The van der Waals surface area contributed by atoms with Crippen LogP contribution in [0.4, 0.5) is 0 Å². The van der Waals surface area contributed by atoms with Crippen LogP contribution in [0.1, 0.15) is 39.0 Å². The third-order valence-electron chi connectivity index (χ3n) is 1.49. The summed E-state index contributed by atoms with van der Waals surface area (Å²) >= 11 is 3.07. The van der Waals surface area contributed by atoms with Crippen LogP contribution in [0.5, 0.6) is 0 Å². The van der Waals surface area contributed by atoms with E-state index in [2.05, 4.69) is 22.9 Å². The highest BCUT2D eigenvalue weighted by atomic mass is 79.9. The largest absolute Gasteiger partial charge is 0.481 e. The molecule has 0 spiro atoms. The molecule has 0 saturated heterocycles. The molecule has 0 aromatic heterocycles. The van der Waals surface area contributed by atoms with Crippen LogP contribution in [-0.4, -0.2) is 10.2 Å². The van der Waals surface area contributed by atoms with E-state index < -0.39 is 5.95 Å². The van der Waals surface area contributed by atoms with Crippen LogP contribution in [0, 0.1) is 0 Å². The molecular weight excluding hydrogens is 208 g/mol. The minimum absolute atomic E-state index is 0.508. The molecule has 3 heteroatoms. The van der Waals surface area contributed by atoms with Gasteiger partial charge in [-0.05, 0) is 28.8 Å². The number of halogens is 1. The van der Waals surface area contributed by atoms with Crippen molar-refractivity contribution in [3.05, 3.63) is 10.4 Å². The van der Waals surface area contributed by atoms with Crippen molar-refractivity contribution in [2.45, 2.75) is 39.0 Å². The third-order valence-corrected chi connectivity index (χ3v) is 2.24. The van der Waals surface area contributed by atoms with Crippen LogP contribution in [-0.2, 0) is 0 Å². The van der Waals surface area contributed by atoms with Gasteiger partial charge in [0, 0.05) is 0 Å². The van der Waals surface area contributed by atoms with Crippen LogP contribution in [0.15, 0.2) is 10.4 Å².